The zero-order valence-electron chi connectivity index (χ0n) is 23.1. The summed E-state index contributed by atoms with van der Waals surface area (Å²) in [6.45, 7) is 3.80. The first kappa shape index (κ1) is 28.6. The van der Waals surface area contributed by atoms with Crippen molar-refractivity contribution in [3.63, 3.8) is 0 Å². The number of nitrogens with one attached hydrogen (secondary N) is 3. The number of H-pyrrole nitrogens is 1. The highest BCUT2D eigenvalue weighted by Crippen LogP contribution is 2.27. The average molecular weight is 572 g/mol. The highest BCUT2D eigenvalue weighted by atomic mass is 16.5. The number of aromatic nitrogens is 5. The average Bonchev–Trinajstić information content (AvgIpc) is 3.85. The second-order valence-electron chi connectivity index (χ2n) is 10.5. The molecule has 0 unspecified atom stereocenters. The fourth-order valence-electron chi connectivity index (χ4n) is 5.23. The number of aromatic amines is 1. The third kappa shape index (κ3) is 7.21. The molecular weight excluding hydrogens is 538 g/mol. The van der Waals surface area contributed by atoms with Crippen molar-refractivity contribution in [2.24, 2.45) is 11.8 Å². The van der Waals surface area contributed by atoms with Crippen molar-refractivity contribution in [1.29, 1.82) is 10.5 Å². The number of rotatable bonds is 6. The van der Waals surface area contributed by atoms with Crippen LogP contribution in [0.3, 0.4) is 0 Å². The van der Waals surface area contributed by atoms with E-state index in [-0.39, 0.29) is 23.7 Å². The fourth-order valence-corrected chi connectivity index (χ4v) is 5.23. The van der Waals surface area contributed by atoms with Gasteiger partial charge in [-0.25, -0.2) is 4.68 Å². The van der Waals surface area contributed by atoms with Gasteiger partial charge in [-0.3, -0.25) is 14.7 Å². The maximum Gasteiger partial charge on any atom is 0.230 e. The van der Waals surface area contributed by atoms with E-state index in [0.717, 1.165) is 43.9 Å². The molecule has 3 fully saturated rings. The highest BCUT2D eigenvalue weighted by molar-refractivity contribution is 5.92. The number of anilines is 2. The van der Waals surface area contributed by atoms with E-state index in [1.54, 1.807) is 20.7 Å². The molecule has 0 radical (unpaired) electrons. The van der Waals surface area contributed by atoms with Crippen molar-refractivity contribution in [2.45, 2.75) is 31.6 Å². The van der Waals surface area contributed by atoms with Crippen molar-refractivity contribution in [1.82, 2.24) is 35.0 Å². The van der Waals surface area contributed by atoms with Crippen molar-refractivity contribution >= 4 is 23.5 Å². The Morgan fingerprint density at radius 1 is 0.905 bits per heavy atom. The molecule has 218 valence electrons. The fraction of sp³-hybridized carbons (Fsp3) is 0.464. The van der Waals surface area contributed by atoms with Gasteiger partial charge in [0.15, 0.2) is 24.0 Å². The lowest BCUT2D eigenvalue weighted by Gasteiger charge is -2.20. The minimum atomic E-state index is -0.175. The lowest BCUT2D eigenvalue weighted by atomic mass is 9.97. The molecule has 3 saturated heterocycles. The number of carbonyl (C=O) groups excluding carboxylic acids is 2. The third-order valence-electron chi connectivity index (χ3n) is 7.68. The van der Waals surface area contributed by atoms with Crippen molar-refractivity contribution in [3.8, 4) is 18.1 Å². The van der Waals surface area contributed by atoms with Gasteiger partial charge in [-0.15, -0.1) is 5.10 Å². The summed E-state index contributed by atoms with van der Waals surface area (Å²) < 4.78 is 6.95. The number of hydrogen-bond donors (Lipinski definition) is 3. The Hall–Kier alpha value is -4.95. The number of para-hydroxylation sites is 1. The van der Waals surface area contributed by atoms with Crippen LogP contribution in [-0.4, -0.2) is 86.2 Å². The van der Waals surface area contributed by atoms with Gasteiger partial charge in [0.2, 0.25) is 11.8 Å². The van der Waals surface area contributed by atoms with Gasteiger partial charge in [-0.1, -0.05) is 23.4 Å². The van der Waals surface area contributed by atoms with Crippen LogP contribution in [0, 0.1) is 34.7 Å². The van der Waals surface area contributed by atoms with E-state index in [9.17, 15) is 9.59 Å². The molecular formula is C28H33N11O3. The Bertz CT molecular complexity index is 1430. The molecule has 5 heterocycles. The molecule has 0 spiro atoms. The van der Waals surface area contributed by atoms with Gasteiger partial charge >= 0.3 is 0 Å². The summed E-state index contributed by atoms with van der Waals surface area (Å²) in [5.74, 6) is 0.929. The minimum Gasteiger partial charge on any atom is -0.381 e. The number of ether oxygens (including phenoxy) is 1. The van der Waals surface area contributed by atoms with E-state index in [2.05, 4.69) is 43.5 Å². The summed E-state index contributed by atoms with van der Waals surface area (Å²) in [6.07, 6.45) is 9.18. The molecule has 14 nitrogen and oxygen atoms in total. The summed E-state index contributed by atoms with van der Waals surface area (Å²) in [4.78, 5) is 27.4. The number of benzene rings is 1. The normalized spacial score (nSPS) is 20.2. The summed E-state index contributed by atoms with van der Waals surface area (Å²) >= 11 is 0. The standard InChI is InChI=1S/C14H14N6O.C14H19N5O2/c15-10-19-7-6-11(8-19)14(21)16-13-9-20(18-17-13)12-4-2-1-3-5-12;15-9-19-4-1-11(8-19)14(20)16-13-7-12(17-18-13)10-2-5-21-6-3-10/h1-5,9,11H,6-8H2,(H,16,21);7,10-11H,1-6,8H2,(H2,16,17,18,20)/t2*11-/m00/s1. The van der Waals surface area contributed by atoms with Crippen LogP contribution in [0.4, 0.5) is 11.6 Å². The Morgan fingerprint density at radius 3 is 2.12 bits per heavy atom. The van der Waals surface area contributed by atoms with E-state index in [0.29, 0.717) is 50.2 Å². The first-order valence-corrected chi connectivity index (χ1v) is 14.0. The van der Waals surface area contributed by atoms with Crippen LogP contribution in [0.15, 0.2) is 42.6 Å². The maximum absolute atomic E-state index is 12.1. The zero-order valence-corrected chi connectivity index (χ0v) is 23.1. The molecule has 2 atom stereocenters. The molecule has 2 amide bonds. The molecule has 14 heteroatoms. The lowest BCUT2D eigenvalue weighted by Crippen LogP contribution is -2.25. The van der Waals surface area contributed by atoms with Crippen LogP contribution in [-0.2, 0) is 14.3 Å². The number of nitriles is 2. The predicted octanol–water partition coefficient (Wildman–Crippen LogP) is 2.05. The number of hydrogen-bond acceptors (Lipinski definition) is 10. The van der Waals surface area contributed by atoms with Gasteiger partial charge in [0, 0.05) is 57.1 Å². The van der Waals surface area contributed by atoms with Crippen molar-refractivity contribution in [2.75, 3.05) is 50.0 Å². The molecule has 3 aromatic rings. The van der Waals surface area contributed by atoms with Crippen LogP contribution in [0.5, 0.6) is 0 Å². The monoisotopic (exact) mass is 571 g/mol. The number of likely N-dealkylation sites (tertiary alicyclic amines) is 2. The first-order chi connectivity index (χ1) is 20.5. The molecule has 3 N–H and O–H groups in total. The lowest BCUT2D eigenvalue weighted by molar-refractivity contribution is -0.120. The Balaban J connectivity index is 0.000000168. The van der Waals surface area contributed by atoms with Crippen molar-refractivity contribution in [3.05, 3.63) is 48.3 Å². The summed E-state index contributed by atoms with van der Waals surface area (Å²) in [5.41, 5.74) is 1.93. The van der Waals surface area contributed by atoms with Gasteiger partial charge in [0.1, 0.15) is 0 Å². The molecule has 1 aromatic carbocycles. The van der Waals surface area contributed by atoms with Gasteiger partial charge < -0.3 is 25.2 Å². The smallest absolute Gasteiger partial charge is 0.230 e. The topological polar surface area (TPSA) is 181 Å². The van der Waals surface area contributed by atoms with Crippen molar-refractivity contribution < 1.29 is 14.3 Å². The number of nitrogens with zero attached hydrogens (tertiary/aromatic N) is 8. The van der Waals surface area contributed by atoms with Gasteiger partial charge in [0.05, 0.1) is 23.7 Å². The molecule has 6 rings (SSSR count). The molecule has 3 aliphatic heterocycles. The van der Waals surface area contributed by atoms with E-state index in [1.807, 2.05) is 36.4 Å². The summed E-state index contributed by atoms with van der Waals surface area (Å²) in [6, 6.07) is 11.5. The van der Waals surface area contributed by atoms with Gasteiger partial charge in [-0.05, 0) is 37.8 Å². The van der Waals surface area contributed by atoms with Gasteiger partial charge in [-0.2, -0.15) is 15.6 Å². The summed E-state index contributed by atoms with van der Waals surface area (Å²) in [7, 11) is 0. The van der Waals surface area contributed by atoms with Crippen LogP contribution >= 0.6 is 0 Å². The number of amides is 2. The minimum absolute atomic E-state index is 0.0576. The predicted molar refractivity (Wildman–Crippen MR) is 151 cm³/mol. The van der Waals surface area contributed by atoms with Gasteiger partial charge in [0.25, 0.3) is 0 Å². The maximum atomic E-state index is 12.1. The third-order valence-corrected chi connectivity index (χ3v) is 7.68. The highest BCUT2D eigenvalue weighted by Gasteiger charge is 2.29. The van der Waals surface area contributed by atoms with E-state index < -0.39 is 0 Å². The van der Waals surface area contributed by atoms with E-state index >= 15 is 0 Å². The molecule has 0 aliphatic carbocycles. The second kappa shape index (κ2) is 13.6. The van der Waals surface area contributed by atoms with Crippen LogP contribution in [0.1, 0.15) is 37.3 Å². The quantitative estimate of drug-likeness (QED) is 0.371. The van der Waals surface area contributed by atoms with Crippen LogP contribution in [0.25, 0.3) is 5.69 Å². The molecule has 3 aliphatic rings. The Morgan fingerprint density at radius 2 is 1.52 bits per heavy atom. The molecule has 0 bridgehead atoms. The molecule has 2 aromatic heterocycles. The molecule has 0 saturated carbocycles. The Kier molecular flexibility index (Phi) is 9.26. The Labute approximate surface area is 243 Å². The largest absolute Gasteiger partial charge is 0.381 e. The SMILES string of the molecule is N#CN1CC[C@H](C(=O)Nc2cc(C3CCOCC3)[nH]n2)C1.N#CN1CC[C@H](C(=O)Nc2cn(-c3ccccc3)nn2)C1. The summed E-state index contributed by atoms with van der Waals surface area (Å²) in [5, 5.41) is 38.3. The van der Waals surface area contributed by atoms with E-state index in [1.165, 1.54) is 0 Å². The number of carbonyl (C=O) groups is 2. The first-order valence-electron chi connectivity index (χ1n) is 14.0. The zero-order chi connectivity index (χ0) is 29.3. The van der Waals surface area contributed by atoms with Crippen LogP contribution < -0.4 is 10.6 Å². The van der Waals surface area contributed by atoms with Crippen LogP contribution in [0.2, 0.25) is 0 Å². The molecule has 42 heavy (non-hydrogen) atoms. The second-order valence-corrected chi connectivity index (χ2v) is 10.5. The van der Waals surface area contributed by atoms with E-state index in [4.69, 9.17) is 15.3 Å².